The Morgan fingerprint density at radius 1 is 0.912 bits per heavy atom. The predicted molar refractivity (Wildman–Crippen MR) is 281 cm³/mol. The van der Waals surface area contributed by atoms with Gasteiger partial charge in [0.25, 0.3) is 17.4 Å². The lowest BCUT2D eigenvalue weighted by atomic mass is 9.99. The van der Waals surface area contributed by atoms with E-state index in [0.29, 0.717) is 41.9 Å². The van der Waals surface area contributed by atoms with Gasteiger partial charge < -0.3 is 52.0 Å². The molecule has 80 heavy (non-hydrogen) atoms. The number of carbonyl (C=O) groups is 5. The van der Waals surface area contributed by atoms with Gasteiger partial charge in [-0.05, 0) is 54.8 Å². The van der Waals surface area contributed by atoms with Crippen molar-refractivity contribution in [3.8, 4) is 0 Å². The molecule has 5 aromatic rings. The summed E-state index contributed by atoms with van der Waals surface area (Å²) in [5.41, 5.74) is 9.99. The van der Waals surface area contributed by atoms with Gasteiger partial charge in [0.2, 0.25) is 23.7 Å². The maximum Gasteiger partial charge on any atom is 0.472 e. The zero-order valence-corrected chi connectivity index (χ0v) is 45.7. The molecule has 430 valence electrons. The lowest BCUT2D eigenvalue weighted by Gasteiger charge is -2.34. The number of fused-ring (bicyclic) bond motifs is 5. The predicted octanol–water partition coefficient (Wildman–Crippen LogP) is 1.06. The molecule has 8 heterocycles. The maximum absolute atomic E-state index is 15.3. The van der Waals surface area contributed by atoms with E-state index in [4.69, 9.17) is 39.0 Å². The molecule has 3 fully saturated rings. The van der Waals surface area contributed by atoms with Crippen molar-refractivity contribution >= 4 is 95.3 Å². The van der Waals surface area contributed by atoms with Crippen molar-refractivity contribution in [1.29, 1.82) is 0 Å². The number of anilines is 3. The second-order valence-corrected chi connectivity index (χ2v) is 25.0. The van der Waals surface area contributed by atoms with Crippen molar-refractivity contribution in [3.63, 3.8) is 0 Å². The zero-order valence-electron chi connectivity index (χ0n) is 43.1. The Hall–Kier alpha value is -6.54. The van der Waals surface area contributed by atoms with Crippen LogP contribution in [0.15, 0.2) is 60.2 Å². The van der Waals surface area contributed by atoms with Gasteiger partial charge >= 0.3 is 14.6 Å². The Balaban J connectivity index is 0.882. The highest BCUT2D eigenvalue weighted by Gasteiger charge is 2.57. The van der Waals surface area contributed by atoms with Gasteiger partial charge in [0.05, 0.1) is 32.5 Å². The maximum atomic E-state index is 15.3. The van der Waals surface area contributed by atoms with Gasteiger partial charge in [-0.1, -0.05) is 32.4 Å². The minimum atomic E-state index is -5.30. The van der Waals surface area contributed by atoms with E-state index >= 15 is 4.57 Å². The molecule has 1 aromatic carbocycles. The molecule has 0 radical (unpaired) electrons. The second kappa shape index (κ2) is 23.9. The van der Waals surface area contributed by atoms with Crippen LogP contribution in [-0.2, 0) is 66.4 Å². The SMILES string of the molecule is CC(C)[C@H](NC(=O)CCCCCN1C(=O)C=CC1=O)C(=O)N[C@@H](C)C(=O)Nc1ccc(CSP2(=O)OCC3O[C@@H](n4cnc5c(=O)[nH]c(N)nc54)[C@H](OP(=O)(O)OC[C@@]4(CO)O[C@@H](n5cnc6c(N)ncnc65)C[C@@H]4O2)[C@@H]3O)cc1. The first-order valence-electron chi connectivity index (χ1n) is 25.1. The van der Waals surface area contributed by atoms with Crippen molar-refractivity contribution in [1.82, 2.24) is 54.6 Å². The number of nitrogen functional groups attached to an aromatic ring is 2. The number of ether oxygens (including phenoxy) is 2. The van der Waals surface area contributed by atoms with Crippen LogP contribution in [0.1, 0.15) is 70.9 Å². The summed E-state index contributed by atoms with van der Waals surface area (Å²) < 4.78 is 67.8. The van der Waals surface area contributed by atoms with Gasteiger partial charge in [-0.2, -0.15) is 4.98 Å². The average Bonchev–Trinajstić information content (AvgIpc) is 4.31. The number of imide groups is 1. The van der Waals surface area contributed by atoms with Crippen LogP contribution < -0.4 is 33.0 Å². The van der Waals surface area contributed by atoms with Crippen LogP contribution in [0.25, 0.3) is 22.3 Å². The summed E-state index contributed by atoms with van der Waals surface area (Å²) in [6, 6.07) is 4.33. The summed E-state index contributed by atoms with van der Waals surface area (Å²) in [5, 5.41) is 30.9. The second-order valence-electron chi connectivity index (χ2n) is 19.5. The monoisotopic (exact) mass is 1170 g/mol. The molecular weight excluding hydrogens is 1110 g/mol. The van der Waals surface area contributed by atoms with E-state index in [0.717, 1.165) is 15.8 Å². The van der Waals surface area contributed by atoms with Crippen molar-refractivity contribution in [2.45, 2.75) is 113 Å². The molecule has 4 aliphatic heterocycles. The third-order valence-electron chi connectivity index (χ3n) is 13.6. The summed E-state index contributed by atoms with van der Waals surface area (Å²) >= 11 is 0.688. The number of imidazole rings is 2. The summed E-state index contributed by atoms with van der Waals surface area (Å²) in [4.78, 5) is 111. The van der Waals surface area contributed by atoms with Crippen LogP contribution in [0, 0.1) is 5.92 Å². The molecule has 4 aromatic heterocycles. The Labute approximate surface area is 457 Å². The van der Waals surface area contributed by atoms with E-state index < -0.39 is 106 Å². The molecule has 0 spiro atoms. The molecule has 34 heteroatoms. The first-order valence-corrected chi connectivity index (χ1v) is 29.7. The molecule has 2 bridgehead atoms. The fraction of sp³-hybridized carbons (Fsp3) is 0.500. The number of phosphoric ester groups is 1. The number of aromatic nitrogens is 8. The standard InChI is InChI=1S/C46H58N14O17P2S/c1-23(2)33(55-29(62)7-5-4-6-14-58-30(63)12-13-31(58)64)42(67)53-24(3)41(66)54-26-10-8-25(9-11-26)17-80-79(71)72-16-27-36(65)37(44(74-27)60-22-52-35-40(60)56-45(48)57-43(35)68)77-78(69,70)73-19-46(18-61)28(76-79)15-32(75-46)59-21-51-34-38(47)49-20-50-39(34)59/h8-13,20-24,27-28,32-33,36-37,44,61,65H,4-7,14-19H2,1-3H3,(H,53,67)(H,54,66)(H,55,62)(H,69,70)(H2,47,49,50)(H3,48,56,57,68)/t24-,27?,28-,32+,33-,36+,37+,44+,46+,79?/m0/s1. The van der Waals surface area contributed by atoms with E-state index in [2.05, 4.69) is 45.9 Å². The quantitative estimate of drug-likeness (QED) is 0.0336. The number of aliphatic hydroxyl groups excluding tert-OH is 2. The van der Waals surface area contributed by atoms with Gasteiger partial charge in [-0.3, -0.25) is 65.9 Å². The van der Waals surface area contributed by atoms with Crippen LogP contribution in [0.4, 0.5) is 17.5 Å². The number of nitrogens with one attached hydrogen (secondary N) is 4. The van der Waals surface area contributed by atoms with Gasteiger partial charge in [0, 0.05) is 43.0 Å². The van der Waals surface area contributed by atoms with E-state index in [1.165, 1.54) is 36.3 Å². The van der Waals surface area contributed by atoms with Gasteiger partial charge in [0.1, 0.15) is 60.2 Å². The number of hydrogen-bond donors (Lipinski definition) is 9. The molecular formula is C46H58N14O17P2S. The number of nitrogens with two attached hydrogens (primary N) is 2. The number of nitrogens with zero attached hydrogens (tertiary/aromatic N) is 8. The summed E-state index contributed by atoms with van der Waals surface area (Å²) in [6.45, 7) is -1.96. The molecule has 5 amide bonds. The Morgan fingerprint density at radius 2 is 1.64 bits per heavy atom. The topological polar surface area (TPSA) is 434 Å². The summed E-state index contributed by atoms with van der Waals surface area (Å²) in [7, 11) is -5.30. The molecule has 4 aliphatic rings. The van der Waals surface area contributed by atoms with Crippen LogP contribution >= 0.6 is 26.0 Å². The van der Waals surface area contributed by atoms with Crippen LogP contribution in [-0.4, -0.2) is 157 Å². The third kappa shape index (κ3) is 12.7. The van der Waals surface area contributed by atoms with Gasteiger partial charge in [-0.15, -0.1) is 0 Å². The van der Waals surface area contributed by atoms with E-state index in [1.807, 2.05) is 0 Å². The van der Waals surface area contributed by atoms with Crippen LogP contribution in [0.3, 0.4) is 0 Å². The molecule has 0 aliphatic carbocycles. The molecule has 3 saturated heterocycles. The molecule has 9 rings (SSSR count). The van der Waals surface area contributed by atoms with Crippen molar-refractivity contribution in [2.24, 2.45) is 5.92 Å². The number of carbonyl (C=O) groups excluding carboxylic acids is 5. The number of aromatic amines is 1. The van der Waals surface area contributed by atoms with Crippen LogP contribution in [0.5, 0.6) is 0 Å². The molecule has 11 N–H and O–H groups in total. The van der Waals surface area contributed by atoms with Gasteiger partial charge in [0.15, 0.2) is 28.9 Å². The Kier molecular flexibility index (Phi) is 17.4. The fourth-order valence-corrected chi connectivity index (χ4v) is 13.6. The number of aliphatic hydroxyl groups is 2. The zero-order chi connectivity index (χ0) is 57.3. The smallest absolute Gasteiger partial charge is 0.393 e. The highest BCUT2D eigenvalue weighted by atomic mass is 32.7. The van der Waals surface area contributed by atoms with E-state index in [1.54, 1.807) is 38.1 Å². The fourth-order valence-electron chi connectivity index (χ4n) is 9.23. The minimum absolute atomic E-state index is 0.0489. The number of phosphoric acid groups is 1. The van der Waals surface area contributed by atoms with Crippen molar-refractivity contribution in [3.05, 3.63) is 71.3 Å². The van der Waals surface area contributed by atoms with Crippen LogP contribution in [0.2, 0.25) is 0 Å². The molecule has 3 unspecified atom stereocenters. The highest BCUT2D eigenvalue weighted by Crippen LogP contribution is 2.65. The largest absolute Gasteiger partial charge is 0.472 e. The Bertz CT molecular complexity index is 3350. The number of hydrogen-bond acceptors (Lipinski definition) is 24. The third-order valence-corrected chi connectivity index (χ3v) is 18.2. The lowest BCUT2D eigenvalue weighted by molar-refractivity contribution is -0.145. The first-order chi connectivity index (χ1) is 38.1. The number of rotatable bonds is 18. The van der Waals surface area contributed by atoms with E-state index in [9.17, 15) is 48.4 Å². The molecule has 0 saturated carbocycles. The lowest BCUT2D eigenvalue weighted by Crippen LogP contribution is -2.53. The molecule has 11 atom stereocenters. The normalized spacial score (nSPS) is 27.9. The highest BCUT2D eigenvalue weighted by molar-refractivity contribution is 8.54. The summed E-state index contributed by atoms with van der Waals surface area (Å²) in [5.74, 6) is -2.97. The number of unbranched alkanes of at least 4 members (excludes halogenated alkanes) is 2. The number of benzene rings is 1. The molecule has 31 nitrogen and oxygen atoms in total. The van der Waals surface area contributed by atoms with Crippen molar-refractivity contribution < 1.29 is 75.8 Å². The number of amides is 5. The summed E-state index contributed by atoms with van der Waals surface area (Å²) in [6.07, 6.45) is -1.68. The van der Waals surface area contributed by atoms with E-state index in [-0.39, 0.29) is 82.9 Å². The average molecular weight is 1170 g/mol. The van der Waals surface area contributed by atoms with Gasteiger partial charge in [-0.25, -0.2) is 29.1 Å². The minimum Gasteiger partial charge on any atom is -0.393 e. The first kappa shape index (κ1) is 58.1. The Morgan fingerprint density at radius 3 is 2.36 bits per heavy atom. The number of H-pyrrole nitrogens is 1. The van der Waals surface area contributed by atoms with Crippen molar-refractivity contribution in [2.75, 3.05) is 43.1 Å².